The fraction of sp³-hybridized carbons (Fsp3) is 0.214. The van der Waals surface area contributed by atoms with Crippen LogP contribution in [0.2, 0.25) is 0 Å². The van der Waals surface area contributed by atoms with E-state index in [9.17, 15) is 20.0 Å². The zero-order chi connectivity index (χ0) is 14.0. The molecule has 1 aliphatic carbocycles. The van der Waals surface area contributed by atoms with Gasteiger partial charge in [0.25, 0.3) is 0 Å². The Hall–Kier alpha value is -2.27. The molecule has 5 heteroatoms. The number of Topliss-reactive ketones (excluding diaryl/α,β-unsaturated/α-hetero) is 1. The van der Waals surface area contributed by atoms with Gasteiger partial charge in [0.2, 0.25) is 0 Å². The molecule has 1 atom stereocenters. The van der Waals surface area contributed by atoms with Crippen LogP contribution in [0.15, 0.2) is 53.6 Å². The minimum atomic E-state index is -2.11. The van der Waals surface area contributed by atoms with E-state index >= 15 is 0 Å². The summed E-state index contributed by atoms with van der Waals surface area (Å²) in [7, 11) is 0. The first-order valence-electron chi connectivity index (χ1n) is 5.79. The zero-order valence-corrected chi connectivity index (χ0v) is 10.4. The quantitative estimate of drug-likeness (QED) is 0.390. The van der Waals surface area contributed by atoms with Gasteiger partial charge in [0.05, 0.1) is 11.3 Å². The molecule has 0 fully saturated rings. The predicted molar refractivity (Wildman–Crippen MR) is 69.2 cm³/mol. The summed E-state index contributed by atoms with van der Waals surface area (Å²) in [4.78, 5) is 22.2. The van der Waals surface area contributed by atoms with Gasteiger partial charge in [-0.15, -0.1) is 0 Å². The zero-order valence-electron chi connectivity index (χ0n) is 10.4. The number of hydrogen-bond donors (Lipinski definition) is 1. The van der Waals surface area contributed by atoms with Gasteiger partial charge >= 0.3 is 5.72 Å². The highest BCUT2D eigenvalue weighted by Crippen LogP contribution is 2.29. The lowest BCUT2D eigenvalue weighted by atomic mass is 9.89. The lowest BCUT2D eigenvalue weighted by Crippen LogP contribution is -2.38. The number of ketones is 1. The number of carbonyl (C=O) groups excluding carboxylic acids is 1. The maximum Gasteiger partial charge on any atom is 0.346 e. The Kier molecular flexibility index (Phi) is 3.31. The van der Waals surface area contributed by atoms with E-state index in [2.05, 4.69) is 0 Å². The number of hydrogen-bond acceptors (Lipinski definition) is 4. The number of benzene rings is 1. The monoisotopic (exact) mass is 259 g/mol. The molecular formula is C14H13NO4. The minimum absolute atomic E-state index is 0.176. The molecule has 0 aliphatic heterocycles. The van der Waals surface area contributed by atoms with E-state index in [1.807, 2.05) is 0 Å². The average Bonchev–Trinajstić information content (AvgIpc) is 2.39. The number of rotatable bonds is 3. The molecular weight excluding hydrogens is 246 g/mol. The number of allylic oxidation sites excluding steroid dienone is 2. The molecule has 0 heterocycles. The summed E-state index contributed by atoms with van der Waals surface area (Å²) in [6, 6.07) is 8.68. The van der Waals surface area contributed by atoms with Crippen molar-refractivity contribution in [1.29, 1.82) is 0 Å². The molecule has 19 heavy (non-hydrogen) atoms. The molecule has 1 aromatic rings. The van der Waals surface area contributed by atoms with Crippen LogP contribution in [0.3, 0.4) is 0 Å². The first-order valence-corrected chi connectivity index (χ1v) is 5.79. The third-order valence-corrected chi connectivity index (χ3v) is 3.10. The SMILES string of the molecule is CC1=C(C(=O)c2ccccc2)C=CC(O)([N+](=O)[O-])C1. The smallest absolute Gasteiger partial charge is 0.327 e. The topological polar surface area (TPSA) is 80.4 Å². The highest BCUT2D eigenvalue weighted by molar-refractivity contribution is 6.11. The van der Waals surface area contributed by atoms with E-state index in [1.54, 1.807) is 37.3 Å². The lowest BCUT2D eigenvalue weighted by Gasteiger charge is -2.21. The molecule has 0 saturated carbocycles. The molecule has 0 amide bonds. The summed E-state index contributed by atoms with van der Waals surface area (Å²) < 4.78 is 0. The molecule has 1 N–H and O–H groups in total. The van der Waals surface area contributed by atoms with Crippen molar-refractivity contribution < 1.29 is 14.8 Å². The van der Waals surface area contributed by atoms with Gasteiger partial charge in [0.1, 0.15) is 0 Å². The number of nitrogens with zero attached hydrogens (tertiary/aromatic N) is 1. The van der Waals surface area contributed by atoms with Crippen LogP contribution in [0.4, 0.5) is 0 Å². The molecule has 5 nitrogen and oxygen atoms in total. The fourth-order valence-electron chi connectivity index (χ4n) is 2.04. The van der Waals surface area contributed by atoms with Gasteiger partial charge in [-0.2, -0.15) is 0 Å². The van der Waals surface area contributed by atoms with Crippen LogP contribution in [-0.2, 0) is 0 Å². The van der Waals surface area contributed by atoms with Gasteiger partial charge in [-0.1, -0.05) is 35.9 Å². The van der Waals surface area contributed by atoms with Gasteiger partial charge in [-0.05, 0) is 13.0 Å². The van der Waals surface area contributed by atoms with Gasteiger partial charge in [-0.25, -0.2) is 0 Å². The fourth-order valence-corrected chi connectivity index (χ4v) is 2.04. The predicted octanol–water partition coefficient (Wildman–Crippen LogP) is 2.11. The molecule has 0 spiro atoms. The third-order valence-electron chi connectivity index (χ3n) is 3.10. The normalized spacial score (nSPS) is 22.4. The van der Waals surface area contributed by atoms with E-state index in [0.29, 0.717) is 16.7 Å². The van der Waals surface area contributed by atoms with Crippen molar-refractivity contribution in [3.8, 4) is 0 Å². The van der Waals surface area contributed by atoms with Crippen molar-refractivity contribution in [2.75, 3.05) is 0 Å². The Morgan fingerprint density at radius 2 is 2.00 bits per heavy atom. The summed E-state index contributed by atoms with van der Waals surface area (Å²) in [6.45, 7) is 1.62. The van der Waals surface area contributed by atoms with Crippen molar-refractivity contribution in [3.05, 3.63) is 69.3 Å². The van der Waals surface area contributed by atoms with Crippen LogP contribution in [0.5, 0.6) is 0 Å². The summed E-state index contributed by atoms with van der Waals surface area (Å²) in [6.07, 6.45) is 2.22. The summed E-state index contributed by atoms with van der Waals surface area (Å²) in [5.74, 6) is -0.195. The Morgan fingerprint density at radius 1 is 1.37 bits per heavy atom. The molecule has 2 rings (SSSR count). The van der Waals surface area contributed by atoms with Gasteiger partial charge in [0, 0.05) is 17.2 Å². The second kappa shape index (κ2) is 4.78. The lowest BCUT2D eigenvalue weighted by molar-refractivity contribution is -0.607. The van der Waals surface area contributed by atoms with E-state index in [-0.39, 0.29) is 12.2 Å². The van der Waals surface area contributed by atoms with Crippen molar-refractivity contribution in [2.24, 2.45) is 0 Å². The van der Waals surface area contributed by atoms with E-state index in [4.69, 9.17) is 0 Å². The highest BCUT2D eigenvalue weighted by Gasteiger charge is 2.40. The van der Waals surface area contributed by atoms with Crippen LogP contribution in [0.1, 0.15) is 23.7 Å². The van der Waals surface area contributed by atoms with Crippen LogP contribution < -0.4 is 0 Å². The summed E-state index contributed by atoms with van der Waals surface area (Å²) in [5, 5.41) is 20.5. The van der Waals surface area contributed by atoms with Crippen molar-refractivity contribution in [3.63, 3.8) is 0 Å². The van der Waals surface area contributed by atoms with Crippen LogP contribution >= 0.6 is 0 Å². The van der Waals surface area contributed by atoms with Crippen molar-refractivity contribution in [1.82, 2.24) is 0 Å². The molecule has 0 aromatic heterocycles. The van der Waals surface area contributed by atoms with Crippen molar-refractivity contribution >= 4 is 5.78 Å². The number of aliphatic hydroxyl groups is 1. The first kappa shape index (κ1) is 13.2. The molecule has 0 radical (unpaired) electrons. The average molecular weight is 259 g/mol. The minimum Gasteiger partial charge on any atom is -0.327 e. The standard InChI is InChI=1S/C14H13NO4/c1-10-9-14(17,15(18)19)8-7-12(10)13(16)11-5-3-2-4-6-11/h2-8,17H,9H2,1H3. The van der Waals surface area contributed by atoms with E-state index in [0.717, 1.165) is 6.08 Å². The Balaban J connectivity index is 2.32. The molecule has 0 saturated heterocycles. The van der Waals surface area contributed by atoms with Crippen LogP contribution in [0.25, 0.3) is 0 Å². The first-order chi connectivity index (χ1) is 8.94. The van der Waals surface area contributed by atoms with Gasteiger partial charge in [-0.3, -0.25) is 14.9 Å². The van der Waals surface area contributed by atoms with E-state index in [1.165, 1.54) is 6.08 Å². The number of nitro groups is 1. The summed E-state index contributed by atoms with van der Waals surface area (Å²) >= 11 is 0. The third kappa shape index (κ3) is 2.46. The molecule has 98 valence electrons. The van der Waals surface area contributed by atoms with E-state index < -0.39 is 10.6 Å². The van der Waals surface area contributed by atoms with Gasteiger partial charge < -0.3 is 5.11 Å². The Labute approximate surface area is 110 Å². The Morgan fingerprint density at radius 3 is 2.53 bits per heavy atom. The van der Waals surface area contributed by atoms with Crippen molar-refractivity contribution in [2.45, 2.75) is 19.1 Å². The second-order valence-electron chi connectivity index (χ2n) is 4.53. The van der Waals surface area contributed by atoms with Crippen LogP contribution in [0, 0.1) is 10.1 Å². The molecule has 1 aromatic carbocycles. The summed E-state index contributed by atoms with van der Waals surface area (Å²) in [5.41, 5.74) is -0.675. The van der Waals surface area contributed by atoms with Crippen LogP contribution in [-0.4, -0.2) is 21.5 Å². The highest BCUT2D eigenvalue weighted by atomic mass is 16.7. The second-order valence-corrected chi connectivity index (χ2v) is 4.53. The maximum absolute atomic E-state index is 12.2. The molecule has 0 bridgehead atoms. The molecule has 1 aliphatic rings. The Bertz CT molecular complexity index is 589. The molecule has 1 unspecified atom stereocenters. The number of carbonyl (C=O) groups is 1. The largest absolute Gasteiger partial charge is 0.346 e. The van der Waals surface area contributed by atoms with Gasteiger partial charge in [0.15, 0.2) is 5.78 Å². The maximum atomic E-state index is 12.2.